The predicted molar refractivity (Wildman–Crippen MR) is 73.5 cm³/mol. The SMILES string of the molecule is CCn1nc(C)c(-c2cc(CNC)cs2)c1C. The summed E-state index contributed by atoms with van der Waals surface area (Å²) >= 11 is 1.80. The van der Waals surface area contributed by atoms with Crippen molar-refractivity contribution in [2.45, 2.75) is 33.9 Å². The van der Waals surface area contributed by atoms with Crippen LogP contribution in [0.2, 0.25) is 0 Å². The summed E-state index contributed by atoms with van der Waals surface area (Å²) in [5.74, 6) is 0. The lowest BCUT2D eigenvalue weighted by Crippen LogP contribution is -2.03. The summed E-state index contributed by atoms with van der Waals surface area (Å²) < 4.78 is 2.07. The van der Waals surface area contributed by atoms with E-state index in [1.807, 2.05) is 7.05 Å². The van der Waals surface area contributed by atoms with Crippen LogP contribution in [0.25, 0.3) is 10.4 Å². The van der Waals surface area contributed by atoms with E-state index >= 15 is 0 Å². The van der Waals surface area contributed by atoms with Crippen LogP contribution in [0.4, 0.5) is 0 Å². The van der Waals surface area contributed by atoms with Crippen LogP contribution in [-0.4, -0.2) is 16.8 Å². The van der Waals surface area contributed by atoms with Gasteiger partial charge in [-0.25, -0.2) is 0 Å². The number of nitrogens with zero attached hydrogens (tertiary/aromatic N) is 2. The van der Waals surface area contributed by atoms with Gasteiger partial charge in [-0.3, -0.25) is 4.68 Å². The standard InChI is InChI=1S/C13H19N3S/c1-5-16-10(3)13(9(2)15-16)12-6-11(7-14-4)8-17-12/h6,8,14H,5,7H2,1-4H3. The van der Waals surface area contributed by atoms with Crippen LogP contribution in [0.5, 0.6) is 0 Å². The van der Waals surface area contributed by atoms with Gasteiger partial charge < -0.3 is 5.32 Å². The maximum absolute atomic E-state index is 4.57. The van der Waals surface area contributed by atoms with Crippen molar-refractivity contribution in [3.63, 3.8) is 0 Å². The van der Waals surface area contributed by atoms with E-state index in [-0.39, 0.29) is 0 Å². The highest BCUT2D eigenvalue weighted by Gasteiger charge is 2.14. The topological polar surface area (TPSA) is 29.9 Å². The molecule has 2 rings (SSSR count). The molecule has 0 aromatic carbocycles. The van der Waals surface area contributed by atoms with Crippen LogP contribution in [0, 0.1) is 13.8 Å². The molecule has 4 heteroatoms. The summed E-state index contributed by atoms with van der Waals surface area (Å²) in [6.07, 6.45) is 0. The Morgan fingerprint density at radius 2 is 2.18 bits per heavy atom. The van der Waals surface area contributed by atoms with E-state index in [2.05, 4.69) is 47.3 Å². The van der Waals surface area contributed by atoms with Crippen molar-refractivity contribution in [2.75, 3.05) is 7.05 Å². The second kappa shape index (κ2) is 5.02. The van der Waals surface area contributed by atoms with Gasteiger partial charge in [-0.1, -0.05) is 0 Å². The van der Waals surface area contributed by atoms with Gasteiger partial charge in [0.25, 0.3) is 0 Å². The molecule has 0 fully saturated rings. The van der Waals surface area contributed by atoms with Crippen LogP contribution < -0.4 is 5.32 Å². The molecule has 0 amide bonds. The van der Waals surface area contributed by atoms with Crippen molar-refractivity contribution in [1.29, 1.82) is 0 Å². The molecule has 1 N–H and O–H groups in total. The van der Waals surface area contributed by atoms with Crippen molar-refractivity contribution >= 4 is 11.3 Å². The molecule has 0 saturated carbocycles. The monoisotopic (exact) mass is 249 g/mol. The summed E-state index contributed by atoms with van der Waals surface area (Å²) in [4.78, 5) is 1.32. The molecule has 0 saturated heterocycles. The maximum Gasteiger partial charge on any atom is 0.0683 e. The fourth-order valence-corrected chi connectivity index (χ4v) is 3.23. The van der Waals surface area contributed by atoms with Gasteiger partial charge in [-0.15, -0.1) is 11.3 Å². The molecule has 2 heterocycles. The van der Waals surface area contributed by atoms with Gasteiger partial charge in [0.15, 0.2) is 0 Å². The number of thiophene rings is 1. The van der Waals surface area contributed by atoms with Crippen molar-refractivity contribution in [3.8, 4) is 10.4 Å². The Morgan fingerprint density at radius 1 is 1.41 bits per heavy atom. The van der Waals surface area contributed by atoms with Crippen LogP contribution in [0.1, 0.15) is 23.9 Å². The molecule has 17 heavy (non-hydrogen) atoms. The quantitative estimate of drug-likeness (QED) is 0.903. The van der Waals surface area contributed by atoms with E-state index in [9.17, 15) is 0 Å². The number of rotatable bonds is 4. The molecular formula is C13H19N3S. The molecule has 0 aliphatic rings. The molecule has 0 bridgehead atoms. The molecule has 2 aromatic rings. The van der Waals surface area contributed by atoms with Crippen molar-refractivity contribution in [2.24, 2.45) is 0 Å². The zero-order chi connectivity index (χ0) is 12.4. The highest BCUT2D eigenvalue weighted by atomic mass is 32.1. The van der Waals surface area contributed by atoms with E-state index in [1.54, 1.807) is 11.3 Å². The number of aromatic nitrogens is 2. The molecule has 0 aliphatic carbocycles. The summed E-state index contributed by atoms with van der Waals surface area (Å²) in [7, 11) is 1.98. The minimum absolute atomic E-state index is 0.927. The van der Waals surface area contributed by atoms with E-state index in [0.29, 0.717) is 0 Å². The normalized spacial score (nSPS) is 11.1. The lowest BCUT2D eigenvalue weighted by Gasteiger charge is -2.00. The third-order valence-corrected chi connectivity index (χ3v) is 3.96. The van der Waals surface area contributed by atoms with Gasteiger partial charge in [-0.2, -0.15) is 5.10 Å². The zero-order valence-corrected chi connectivity index (χ0v) is 11.7. The van der Waals surface area contributed by atoms with Crippen molar-refractivity contribution in [3.05, 3.63) is 28.4 Å². The summed E-state index contributed by atoms with van der Waals surface area (Å²) in [6.45, 7) is 8.23. The largest absolute Gasteiger partial charge is 0.316 e. The molecule has 92 valence electrons. The summed E-state index contributed by atoms with van der Waals surface area (Å²) in [5, 5.41) is 9.96. The lowest BCUT2D eigenvalue weighted by molar-refractivity contribution is 0.634. The average Bonchev–Trinajstić information content (AvgIpc) is 2.84. The Kier molecular flexibility index (Phi) is 3.64. The number of hydrogen-bond acceptors (Lipinski definition) is 3. The highest BCUT2D eigenvalue weighted by Crippen LogP contribution is 2.32. The van der Waals surface area contributed by atoms with Gasteiger partial charge >= 0.3 is 0 Å². The minimum atomic E-state index is 0.927. The first-order valence-electron chi connectivity index (χ1n) is 5.93. The van der Waals surface area contributed by atoms with Gasteiger partial charge in [0.05, 0.1) is 5.69 Å². The van der Waals surface area contributed by atoms with E-state index in [4.69, 9.17) is 0 Å². The molecule has 2 aromatic heterocycles. The maximum atomic E-state index is 4.57. The van der Waals surface area contributed by atoms with Gasteiger partial charge in [0.2, 0.25) is 0 Å². The Labute approximate surface area is 106 Å². The fourth-order valence-electron chi connectivity index (χ4n) is 2.16. The smallest absolute Gasteiger partial charge is 0.0683 e. The Morgan fingerprint density at radius 3 is 2.76 bits per heavy atom. The summed E-state index contributed by atoms with van der Waals surface area (Å²) in [5.41, 5.74) is 5.04. The average molecular weight is 249 g/mol. The van der Waals surface area contributed by atoms with Crippen LogP contribution in [-0.2, 0) is 13.1 Å². The molecule has 0 spiro atoms. The van der Waals surface area contributed by atoms with Crippen LogP contribution in [0.15, 0.2) is 11.4 Å². The predicted octanol–water partition coefficient (Wildman–Crippen LogP) is 2.97. The second-order valence-corrected chi connectivity index (χ2v) is 5.12. The Balaban J connectivity index is 2.41. The van der Waals surface area contributed by atoms with Gasteiger partial charge in [0.1, 0.15) is 0 Å². The molecule has 0 unspecified atom stereocenters. The van der Waals surface area contributed by atoms with Crippen LogP contribution in [0.3, 0.4) is 0 Å². The Hall–Kier alpha value is -1.13. The molecular weight excluding hydrogens is 230 g/mol. The molecule has 0 aliphatic heterocycles. The first-order chi connectivity index (χ1) is 8.17. The summed E-state index contributed by atoms with van der Waals surface area (Å²) in [6, 6.07) is 2.26. The van der Waals surface area contributed by atoms with E-state index in [0.717, 1.165) is 18.8 Å². The minimum Gasteiger partial charge on any atom is -0.316 e. The molecule has 0 radical (unpaired) electrons. The van der Waals surface area contributed by atoms with Crippen LogP contribution >= 0.6 is 11.3 Å². The molecule has 3 nitrogen and oxygen atoms in total. The number of nitrogens with one attached hydrogen (secondary N) is 1. The number of hydrogen-bond donors (Lipinski definition) is 1. The van der Waals surface area contributed by atoms with Gasteiger partial charge in [-0.05, 0) is 44.8 Å². The Bertz CT molecular complexity index is 511. The number of aryl methyl sites for hydroxylation is 2. The molecule has 0 atom stereocenters. The first-order valence-corrected chi connectivity index (χ1v) is 6.81. The zero-order valence-electron chi connectivity index (χ0n) is 10.9. The first kappa shape index (κ1) is 12.3. The van der Waals surface area contributed by atoms with Crippen molar-refractivity contribution in [1.82, 2.24) is 15.1 Å². The van der Waals surface area contributed by atoms with Crippen molar-refractivity contribution < 1.29 is 0 Å². The van der Waals surface area contributed by atoms with Gasteiger partial charge in [0, 0.05) is 29.2 Å². The van der Waals surface area contributed by atoms with E-state index < -0.39 is 0 Å². The second-order valence-electron chi connectivity index (χ2n) is 4.21. The lowest BCUT2D eigenvalue weighted by atomic mass is 10.1. The fraction of sp³-hybridized carbons (Fsp3) is 0.462. The third kappa shape index (κ3) is 2.28. The highest BCUT2D eigenvalue weighted by molar-refractivity contribution is 7.13. The third-order valence-electron chi connectivity index (χ3n) is 2.96. The van der Waals surface area contributed by atoms with E-state index in [1.165, 1.54) is 21.7 Å².